The number of para-hydroxylation sites is 1. The lowest BCUT2D eigenvalue weighted by Crippen LogP contribution is -2.30. The third-order valence-corrected chi connectivity index (χ3v) is 3.89. The Kier molecular flexibility index (Phi) is 3.25. The molecule has 1 aromatic carbocycles. The summed E-state index contributed by atoms with van der Waals surface area (Å²) in [5.41, 5.74) is 8.73. The number of hydrogen-bond acceptors (Lipinski definition) is 4. The number of nitrogens with zero attached hydrogens (tertiary/aromatic N) is 1. The van der Waals surface area contributed by atoms with Gasteiger partial charge in [0.05, 0.1) is 35.2 Å². The Morgan fingerprint density at radius 2 is 2.16 bits per heavy atom. The lowest BCUT2D eigenvalue weighted by molar-refractivity contribution is 0.101. The van der Waals surface area contributed by atoms with Crippen molar-refractivity contribution in [3.05, 3.63) is 30.5 Å². The van der Waals surface area contributed by atoms with E-state index in [0.29, 0.717) is 11.7 Å². The van der Waals surface area contributed by atoms with E-state index in [2.05, 4.69) is 16.4 Å². The molecule has 0 radical (unpaired) electrons. The second kappa shape index (κ2) is 5.05. The molecule has 1 aliphatic rings. The summed E-state index contributed by atoms with van der Waals surface area (Å²) in [6, 6.07) is 8.39. The number of pyridine rings is 1. The van der Waals surface area contributed by atoms with E-state index in [9.17, 15) is 0 Å². The Morgan fingerprint density at radius 1 is 1.32 bits per heavy atom. The minimum Gasteiger partial charge on any atom is -0.396 e. The van der Waals surface area contributed by atoms with Gasteiger partial charge in [0.2, 0.25) is 0 Å². The monoisotopic (exact) mass is 257 g/mol. The van der Waals surface area contributed by atoms with E-state index < -0.39 is 0 Å². The van der Waals surface area contributed by atoms with E-state index in [-0.39, 0.29) is 6.10 Å². The maximum atomic E-state index is 6.09. The average Bonchev–Trinajstić information content (AvgIpc) is 2.89. The molecule has 1 heterocycles. The van der Waals surface area contributed by atoms with E-state index in [1.165, 1.54) is 6.42 Å². The topological polar surface area (TPSA) is 60.2 Å². The normalized spacial score (nSPS) is 22.8. The van der Waals surface area contributed by atoms with Gasteiger partial charge in [-0.3, -0.25) is 4.98 Å². The van der Waals surface area contributed by atoms with Gasteiger partial charge in [-0.05, 0) is 25.3 Å². The molecule has 4 heteroatoms. The quantitative estimate of drug-likeness (QED) is 0.887. The molecular weight excluding hydrogens is 238 g/mol. The first kappa shape index (κ1) is 12.2. The van der Waals surface area contributed by atoms with E-state index in [4.69, 9.17) is 10.5 Å². The van der Waals surface area contributed by atoms with Crippen LogP contribution in [0.15, 0.2) is 30.5 Å². The van der Waals surface area contributed by atoms with Gasteiger partial charge in [-0.1, -0.05) is 18.2 Å². The number of nitrogens with one attached hydrogen (secondary N) is 1. The van der Waals surface area contributed by atoms with Crippen LogP contribution in [0.4, 0.5) is 11.4 Å². The van der Waals surface area contributed by atoms with Crippen LogP contribution in [0.1, 0.15) is 19.3 Å². The molecule has 0 aliphatic heterocycles. The number of rotatable bonds is 3. The first-order chi connectivity index (χ1) is 9.29. The third-order valence-electron chi connectivity index (χ3n) is 3.89. The predicted molar refractivity (Wildman–Crippen MR) is 78.2 cm³/mol. The van der Waals surface area contributed by atoms with Crippen molar-refractivity contribution in [2.45, 2.75) is 31.4 Å². The Labute approximate surface area is 113 Å². The van der Waals surface area contributed by atoms with Gasteiger partial charge in [0.25, 0.3) is 0 Å². The van der Waals surface area contributed by atoms with Crippen molar-refractivity contribution in [3.8, 4) is 0 Å². The van der Waals surface area contributed by atoms with Gasteiger partial charge >= 0.3 is 0 Å². The molecule has 0 bridgehead atoms. The van der Waals surface area contributed by atoms with Crippen LogP contribution < -0.4 is 11.1 Å². The number of ether oxygens (including phenoxy) is 1. The van der Waals surface area contributed by atoms with Crippen molar-refractivity contribution >= 4 is 22.3 Å². The molecule has 1 aliphatic carbocycles. The lowest BCUT2D eigenvalue weighted by Gasteiger charge is -2.22. The second-order valence-corrected chi connectivity index (χ2v) is 5.06. The molecule has 3 N–H and O–H groups in total. The molecule has 2 unspecified atom stereocenters. The van der Waals surface area contributed by atoms with Gasteiger partial charge in [0.15, 0.2) is 0 Å². The molecule has 0 spiro atoms. The number of nitrogens with two attached hydrogens (primary N) is 1. The Balaban J connectivity index is 1.98. The molecule has 2 aromatic rings. The number of hydrogen-bond donors (Lipinski definition) is 2. The van der Waals surface area contributed by atoms with Crippen LogP contribution in [0.2, 0.25) is 0 Å². The van der Waals surface area contributed by atoms with Crippen molar-refractivity contribution in [1.82, 2.24) is 4.98 Å². The summed E-state index contributed by atoms with van der Waals surface area (Å²) >= 11 is 0. The van der Waals surface area contributed by atoms with Crippen LogP contribution in [0.3, 0.4) is 0 Å². The highest BCUT2D eigenvalue weighted by molar-refractivity contribution is 5.96. The fourth-order valence-corrected chi connectivity index (χ4v) is 2.88. The summed E-state index contributed by atoms with van der Waals surface area (Å²) in [4.78, 5) is 4.36. The SMILES string of the molecule is COC1CCCC1Nc1c(N)cnc2ccccc12. The maximum Gasteiger partial charge on any atom is 0.0772 e. The first-order valence-electron chi connectivity index (χ1n) is 6.72. The molecular formula is C15H19N3O. The zero-order chi connectivity index (χ0) is 13.2. The number of nitrogen functional groups attached to an aromatic ring is 1. The highest BCUT2D eigenvalue weighted by atomic mass is 16.5. The summed E-state index contributed by atoms with van der Waals surface area (Å²) in [6.07, 6.45) is 5.41. The molecule has 1 saturated carbocycles. The average molecular weight is 257 g/mol. The van der Waals surface area contributed by atoms with Crippen molar-refractivity contribution in [1.29, 1.82) is 0 Å². The van der Waals surface area contributed by atoms with E-state index >= 15 is 0 Å². The third kappa shape index (κ3) is 2.24. The van der Waals surface area contributed by atoms with Crippen LogP contribution >= 0.6 is 0 Å². The molecule has 4 nitrogen and oxygen atoms in total. The maximum absolute atomic E-state index is 6.09. The first-order valence-corrected chi connectivity index (χ1v) is 6.72. The predicted octanol–water partition coefficient (Wildman–Crippen LogP) is 2.80. The summed E-state index contributed by atoms with van der Waals surface area (Å²) in [6.45, 7) is 0. The van der Waals surface area contributed by atoms with Gasteiger partial charge < -0.3 is 15.8 Å². The van der Waals surface area contributed by atoms with Crippen LogP contribution in [0.25, 0.3) is 10.9 Å². The van der Waals surface area contributed by atoms with Crippen molar-refractivity contribution in [2.24, 2.45) is 0 Å². The number of anilines is 2. The van der Waals surface area contributed by atoms with Gasteiger partial charge in [-0.2, -0.15) is 0 Å². The minimum absolute atomic E-state index is 0.270. The van der Waals surface area contributed by atoms with Gasteiger partial charge in [-0.25, -0.2) is 0 Å². The molecule has 0 saturated heterocycles. The summed E-state index contributed by atoms with van der Waals surface area (Å²) in [5, 5.41) is 4.64. The smallest absolute Gasteiger partial charge is 0.0772 e. The second-order valence-electron chi connectivity index (χ2n) is 5.06. The highest BCUT2D eigenvalue weighted by Crippen LogP contribution is 2.32. The Morgan fingerprint density at radius 3 is 3.00 bits per heavy atom. The highest BCUT2D eigenvalue weighted by Gasteiger charge is 2.27. The fourth-order valence-electron chi connectivity index (χ4n) is 2.88. The van der Waals surface area contributed by atoms with E-state index in [1.807, 2.05) is 18.2 Å². The fraction of sp³-hybridized carbons (Fsp3) is 0.400. The molecule has 3 rings (SSSR count). The van der Waals surface area contributed by atoms with Crippen molar-refractivity contribution in [3.63, 3.8) is 0 Å². The summed E-state index contributed by atoms with van der Waals surface area (Å²) in [7, 11) is 1.78. The van der Waals surface area contributed by atoms with Crippen molar-refractivity contribution in [2.75, 3.05) is 18.2 Å². The molecule has 1 aromatic heterocycles. The Hall–Kier alpha value is -1.81. The zero-order valence-corrected chi connectivity index (χ0v) is 11.1. The lowest BCUT2D eigenvalue weighted by atomic mass is 10.1. The molecule has 2 atom stereocenters. The summed E-state index contributed by atoms with van der Waals surface area (Å²) < 4.78 is 5.53. The van der Waals surface area contributed by atoms with Crippen LogP contribution in [-0.2, 0) is 4.74 Å². The van der Waals surface area contributed by atoms with Crippen molar-refractivity contribution < 1.29 is 4.74 Å². The number of benzene rings is 1. The van der Waals surface area contributed by atoms with Gasteiger partial charge in [0.1, 0.15) is 0 Å². The minimum atomic E-state index is 0.270. The molecule has 100 valence electrons. The van der Waals surface area contributed by atoms with Crippen LogP contribution in [0.5, 0.6) is 0 Å². The number of methoxy groups -OCH3 is 1. The largest absolute Gasteiger partial charge is 0.396 e. The standard InChI is InChI=1S/C15H19N3O/c1-19-14-8-4-7-13(14)18-15-10-5-2-3-6-12(10)17-9-11(15)16/h2-3,5-6,9,13-14H,4,7-8,16H2,1H3,(H,17,18). The molecule has 1 fully saturated rings. The van der Waals surface area contributed by atoms with Gasteiger partial charge in [0, 0.05) is 12.5 Å². The summed E-state index contributed by atoms with van der Waals surface area (Å²) in [5.74, 6) is 0. The molecule has 19 heavy (non-hydrogen) atoms. The van der Waals surface area contributed by atoms with Crippen LogP contribution in [0, 0.1) is 0 Å². The van der Waals surface area contributed by atoms with E-state index in [0.717, 1.165) is 29.4 Å². The van der Waals surface area contributed by atoms with Crippen LogP contribution in [-0.4, -0.2) is 24.2 Å². The van der Waals surface area contributed by atoms with E-state index in [1.54, 1.807) is 13.3 Å². The molecule has 0 amide bonds. The number of fused-ring (bicyclic) bond motifs is 1. The Bertz CT molecular complexity index is 585. The number of aromatic nitrogens is 1. The van der Waals surface area contributed by atoms with Gasteiger partial charge in [-0.15, -0.1) is 0 Å². The zero-order valence-electron chi connectivity index (χ0n) is 11.1.